The Bertz CT molecular complexity index is 773. The van der Waals surface area contributed by atoms with Gasteiger partial charge in [0.1, 0.15) is 0 Å². The second-order valence-corrected chi connectivity index (χ2v) is 7.20. The first-order valence-corrected chi connectivity index (χ1v) is 8.62. The van der Waals surface area contributed by atoms with E-state index < -0.39 is 0 Å². The van der Waals surface area contributed by atoms with Gasteiger partial charge in [-0.15, -0.1) is 11.3 Å². The number of amides is 2. The largest absolute Gasteiger partial charge is 0.342 e. The van der Waals surface area contributed by atoms with Crippen LogP contribution in [0.3, 0.4) is 0 Å². The number of hydrogen-bond acceptors (Lipinski definition) is 5. The lowest BCUT2D eigenvalue weighted by molar-refractivity contribution is -0.118. The monoisotopic (exact) mass is 344 g/mol. The third kappa shape index (κ3) is 3.26. The molecule has 1 N–H and O–H groups in total. The number of carbonyl (C=O) groups excluding carboxylic acids is 2. The summed E-state index contributed by atoms with van der Waals surface area (Å²) in [5, 5.41) is 3.68. The Labute approximate surface area is 145 Å². The second kappa shape index (κ2) is 6.60. The van der Waals surface area contributed by atoms with E-state index in [1.54, 1.807) is 22.4 Å². The zero-order valence-electron chi connectivity index (χ0n) is 13.9. The maximum absolute atomic E-state index is 12.9. The van der Waals surface area contributed by atoms with Crippen molar-refractivity contribution >= 4 is 39.7 Å². The van der Waals surface area contributed by atoms with E-state index in [-0.39, 0.29) is 30.8 Å². The number of para-hydroxylation sites is 2. The third-order valence-corrected chi connectivity index (χ3v) is 4.96. The molecule has 126 valence electrons. The number of thiazole rings is 1. The molecule has 2 amide bonds. The molecule has 7 heteroatoms. The van der Waals surface area contributed by atoms with Gasteiger partial charge < -0.3 is 15.1 Å². The van der Waals surface area contributed by atoms with Gasteiger partial charge in [-0.05, 0) is 26.0 Å². The number of fused-ring (bicyclic) bond motifs is 1. The molecule has 2 heterocycles. The smallest absolute Gasteiger partial charge is 0.246 e. The van der Waals surface area contributed by atoms with E-state index in [1.807, 2.05) is 50.1 Å². The highest BCUT2D eigenvalue weighted by Crippen LogP contribution is 2.31. The Kier molecular flexibility index (Phi) is 4.53. The average Bonchev–Trinajstić information content (AvgIpc) is 2.90. The normalized spacial score (nSPS) is 17.0. The van der Waals surface area contributed by atoms with Gasteiger partial charge in [-0.25, -0.2) is 4.98 Å². The van der Waals surface area contributed by atoms with Crippen LogP contribution in [0.1, 0.15) is 18.2 Å². The van der Waals surface area contributed by atoms with Gasteiger partial charge in [-0.2, -0.15) is 0 Å². The van der Waals surface area contributed by atoms with Crippen LogP contribution >= 0.6 is 11.3 Å². The molecule has 24 heavy (non-hydrogen) atoms. The molecule has 0 saturated heterocycles. The zero-order valence-corrected chi connectivity index (χ0v) is 14.8. The average molecular weight is 344 g/mol. The first kappa shape index (κ1) is 16.4. The highest BCUT2D eigenvalue weighted by atomic mass is 32.1. The second-order valence-electron chi connectivity index (χ2n) is 5.99. The molecule has 1 aliphatic heterocycles. The van der Waals surface area contributed by atoms with Crippen LogP contribution in [0.2, 0.25) is 0 Å². The number of benzene rings is 1. The number of hydrogen-bond donors (Lipinski definition) is 1. The van der Waals surface area contributed by atoms with Gasteiger partial charge >= 0.3 is 0 Å². The summed E-state index contributed by atoms with van der Waals surface area (Å²) in [6.45, 7) is 4.09. The number of likely N-dealkylation sites (N-methyl/N-ethyl adjacent to an activating group) is 1. The molecule has 0 saturated carbocycles. The summed E-state index contributed by atoms with van der Waals surface area (Å²) in [6, 6.07) is 7.20. The van der Waals surface area contributed by atoms with Gasteiger partial charge in [-0.3, -0.25) is 9.59 Å². The minimum Gasteiger partial charge on any atom is -0.342 e. The SMILES string of the molecule is Cc1cnc(N(C)CC(=O)N2c3ccccc3NC(=O)C[C@@H]2C)s1. The van der Waals surface area contributed by atoms with Crippen molar-refractivity contribution in [2.24, 2.45) is 0 Å². The Morgan fingerprint density at radius 2 is 2.21 bits per heavy atom. The summed E-state index contributed by atoms with van der Waals surface area (Å²) < 4.78 is 0. The minimum atomic E-state index is -0.201. The Morgan fingerprint density at radius 1 is 1.46 bits per heavy atom. The first-order chi connectivity index (χ1) is 11.5. The molecule has 1 atom stereocenters. The van der Waals surface area contributed by atoms with Gasteiger partial charge in [0.25, 0.3) is 0 Å². The van der Waals surface area contributed by atoms with Crippen molar-refractivity contribution < 1.29 is 9.59 Å². The quantitative estimate of drug-likeness (QED) is 0.930. The summed E-state index contributed by atoms with van der Waals surface area (Å²) in [6.07, 6.45) is 2.08. The van der Waals surface area contributed by atoms with E-state index in [0.29, 0.717) is 5.69 Å². The van der Waals surface area contributed by atoms with Crippen LogP contribution in [-0.4, -0.2) is 36.4 Å². The van der Waals surface area contributed by atoms with Gasteiger partial charge in [0.2, 0.25) is 11.8 Å². The molecule has 3 rings (SSSR count). The minimum absolute atomic E-state index is 0.0539. The maximum Gasteiger partial charge on any atom is 0.246 e. The highest BCUT2D eigenvalue weighted by molar-refractivity contribution is 7.15. The third-order valence-electron chi connectivity index (χ3n) is 3.94. The van der Waals surface area contributed by atoms with Gasteiger partial charge in [0, 0.05) is 30.6 Å². The number of aryl methyl sites for hydroxylation is 1. The molecule has 1 aromatic carbocycles. The van der Waals surface area contributed by atoms with Gasteiger partial charge in [-0.1, -0.05) is 12.1 Å². The summed E-state index contributed by atoms with van der Waals surface area (Å²) in [5.74, 6) is -0.129. The van der Waals surface area contributed by atoms with E-state index in [9.17, 15) is 9.59 Å². The predicted molar refractivity (Wildman–Crippen MR) is 96.8 cm³/mol. The van der Waals surface area contributed by atoms with Gasteiger partial charge in [0.15, 0.2) is 5.13 Å². The Morgan fingerprint density at radius 3 is 2.92 bits per heavy atom. The van der Waals surface area contributed by atoms with Crippen LogP contribution in [0, 0.1) is 6.92 Å². The summed E-state index contributed by atoms with van der Waals surface area (Å²) in [7, 11) is 1.86. The number of anilines is 3. The van der Waals surface area contributed by atoms with Crippen molar-refractivity contribution in [2.75, 3.05) is 28.7 Å². The van der Waals surface area contributed by atoms with Crippen molar-refractivity contribution in [2.45, 2.75) is 26.3 Å². The first-order valence-electron chi connectivity index (χ1n) is 7.80. The molecule has 1 aromatic heterocycles. The summed E-state index contributed by atoms with van der Waals surface area (Å²) in [4.78, 5) is 33.9. The fourth-order valence-electron chi connectivity index (χ4n) is 2.83. The standard InChI is InChI=1S/C17H20N4O2S/c1-11-8-15(22)19-13-6-4-5-7-14(13)21(11)16(23)10-20(3)17-18-9-12(2)24-17/h4-7,9,11H,8,10H2,1-3H3,(H,19,22)/t11-/m0/s1. The topological polar surface area (TPSA) is 65.5 Å². The zero-order chi connectivity index (χ0) is 17.3. The number of nitrogens with zero attached hydrogens (tertiary/aromatic N) is 3. The number of nitrogens with one attached hydrogen (secondary N) is 1. The fourth-order valence-corrected chi connectivity index (χ4v) is 3.55. The molecule has 2 aromatic rings. The van der Waals surface area contributed by atoms with Crippen LogP contribution in [-0.2, 0) is 9.59 Å². The maximum atomic E-state index is 12.9. The van der Waals surface area contributed by atoms with E-state index in [4.69, 9.17) is 0 Å². The molecular weight excluding hydrogens is 324 g/mol. The van der Waals surface area contributed by atoms with E-state index in [0.717, 1.165) is 15.7 Å². The lowest BCUT2D eigenvalue weighted by Gasteiger charge is -2.29. The van der Waals surface area contributed by atoms with Crippen LogP contribution in [0.25, 0.3) is 0 Å². The Balaban J connectivity index is 1.86. The lowest BCUT2D eigenvalue weighted by atomic mass is 10.1. The fraction of sp³-hybridized carbons (Fsp3) is 0.353. The van der Waals surface area contributed by atoms with Gasteiger partial charge in [0.05, 0.1) is 17.9 Å². The van der Waals surface area contributed by atoms with E-state index in [2.05, 4.69) is 10.3 Å². The molecular formula is C17H20N4O2S. The number of aromatic nitrogens is 1. The van der Waals surface area contributed by atoms with E-state index >= 15 is 0 Å². The molecule has 0 spiro atoms. The molecule has 0 radical (unpaired) electrons. The number of rotatable bonds is 3. The molecule has 1 aliphatic rings. The van der Waals surface area contributed by atoms with Crippen molar-refractivity contribution in [3.63, 3.8) is 0 Å². The Hall–Kier alpha value is -2.41. The molecule has 0 fully saturated rings. The van der Waals surface area contributed by atoms with Crippen LogP contribution in [0.5, 0.6) is 0 Å². The van der Waals surface area contributed by atoms with Crippen molar-refractivity contribution in [1.82, 2.24) is 4.98 Å². The van der Waals surface area contributed by atoms with Crippen LogP contribution in [0.15, 0.2) is 30.5 Å². The van der Waals surface area contributed by atoms with Crippen molar-refractivity contribution in [3.8, 4) is 0 Å². The number of carbonyl (C=O) groups is 2. The predicted octanol–water partition coefficient (Wildman–Crippen LogP) is 2.65. The summed E-state index contributed by atoms with van der Waals surface area (Å²) in [5.41, 5.74) is 1.41. The van der Waals surface area contributed by atoms with Crippen molar-refractivity contribution in [3.05, 3.63) is 35.3 Å². The molecule has 0 aliphatic carbocycles. The van der Waals surface area contributed by atoms with Crippen LogP contribution < -0.4 is 15.1 Å². The van der Waals surface area contributed by atoms with E-state index in [1.165, 1.54) is 0 Å². The molecule has 6 nitrogen and oxygen atoms in total. The van der Waals surface area contributed by atoms with Crippen molar-refractivity contribution in [1.29, 1.82) is 0 Å². The molecule has 0 unspecified atom stereocenters. The summed E-state index contributed by atoms with van der Waals surface area (Å²) >= 11 is 1.55. The molecule has 0 bridgehead atoms. The lowest BCUT2D eigenvalue weighted by Crippen LogP contribution is -2.44. The van der Waals surface area contributed by atoms with Crippen LogP contribution in [0.4, 0.5) is 16.5 Å². The highest BCUT2D eigenvalue weighted by Gasteiger charge is 2.30.